The van der Waals surface area contributed by atoms with Crippen molar-refractivity contribution < 1.29 is 23.9 Å². The van der Waals surface area contributed by atoms with Crippen LogP contribution in [0, 0.1) is 5.21 Å². The van der Waals surface area contributed by atoms with Gasteiger partial charge >= 0.3 is 0 Å². The van der Waals surface area contributed by atoms with E-state index in [1.807, 2.05) is 0 Å². The van der Waals surface area contributed by atoms with Crippen LogP contribution in [-0.2, 0) is 23.9 Å². The summed E-state index contributed by atoms with van der Waals surface area (Å²) >= 11 is 0. The van der Waals surface area contributed by atoms with Gasteiger partial charge in [-0.05, 0) is 0 Å². The lowest BCUT2D eigenvalue weighted by molar-refractivity contribution is -0.341. The maximum atomic E-state index is 10.8. The molecule has 0 aromatic heterocycles. The van der Waals surface area contributed by atoms with Crippen LogP contribution in [0.4, 0.5) is 0 Å². The molecule has 0 amide bonds. The molecule has 0 N–H and O–H groups in total. The largest absolute Gasteiger partial charge is 0.738 e. The Kier molecular flexibility index (Phi) is 7.66. The Bertz CT molecular complexity index is 133. The van der Waals surface area contributed by atoms with E-state index in [4.69, 9.17) is 14.2 Å². The van der Waals surface area contributed by atoms with Gasteiger partial charge in [0.25, 0.3) is 0 Å². The molecule has 1 fully saturated rings. The van der Waals surface area contributed by atoms with Crippen molar-refractivity contribution in [1.29, 1.82) is 0 Å². The van der Waals surface area contributed by atoms with Crippen molar-refractivity contribution in [2.24, 2.45) is 0 Å². The maximum Gasteiger partial charge on any atom is 0.0934 e. The topological polar surface area (TPSA) is 72.5 Å². The van der Waals surface area contributed by atoms with E-state index in [1.165, 1.54) is 0 Å². The Morgan fingerprint density at radius 2 is 0.933 bits per heavy atom. The fourth-order valence-electron chi connectivity index (χ4n) is 0.921. The molecule has 0 spiro atoms. The second kappa shape index (κ2) is 8.98. The van der Waals surface area contributed by atoms with Crippen molar-refractivity contribution in [3.05, 3.63) is 5.21 Å². The summed E-state index contributed by atoms with van der Waals surface area (Å²) in [5.41, 5.74) is 0. The number of hydrogen-bond acceptors (Lipinski definition) is 7. The minimum atomic E-state index is 0.0784. The Morgan fingerprint density at radius 3 is 1.33 bits per heavy atom. The van der Waals surface area contributed by atoms with Crippen LogP contribution in [0.5, 0.6) is 0 Å². The molecule has 1 heterocycles. The molecule has 15 heavy (non-hydrogen) atoms. The lowest BCUT2D eigenvalue weighted by Gasteiger charge is -2.25. The highest BCUT2D eigenvalue weighted by Crippen LogP contribution is 1.91. The highest BCUT2D eigenvalue weighted by Gasteiger charge is 1.97. The van der Waals surface area contributed by atoms with E-state index in [9.17, 15) is 5.21 Å². The van der Waals surface area contributed by atoms with E-state index in [2.05, 4.69) is 9.68 Å². The van der Waals surface area contributed by atoms with Crippen molar-refractivity contribution in [2.75, 3.05) is 52.9 Å². The monoisotopic (exact) mass is 222 g/mol. The normalized spacial score (nSPS) is 24.6. The molecule has 0 saturated carbocycles. The minimum absolute atomic E-state index is 0.0784. The van der Waals surface area contributed by atoms with Crippen LogP contribution in [0.15, 0.2) is 0 Å². The Balaban J connectivity index is 2.10. The van der Waals surface area contributed by atoms with E-state index in [-0.39, 0.29) is 18.6 Å². The molecule has 0 bridgehead atoms. The number of ether oxygens (including phenoxy) is 3. The molecule has 0 radical (unpaired) electrons. The fraction of sp³-hybridized carbons (Fsp3) is 1.00. The lowest BCUT2D eigenvalue weighted by Crippen LogP contribution is -2.23. The standard InChI is InChI=1S/C8H16NO6/c10-9-14-7-5-12-3-1-11-2-4-13-6-8-15-9/h1-8H2/q-1. The summed E-state index contributed by atoms with van der Waals surface area (Å²) in [5.74, 6) is 0. The van der Waals surface area contributed by atoms with Gasteiger partial charge in [-0.2, -0.15) is 0 Å². The van der Waals surface area contributed by atoms with Crippen LogP contribution in [0.2, 0.25) is 0 Å². The second-order valence-corrected chi connectivity index (χ2v) is 2.73. The molecular formula is C8H16NO6-. The molecule has 1 aliphatic rings. The van der Waals surface area contributed by atoms with Crippen LogP contribution in [0.3, 0.4) is 0 Å². The summed E-state index contributed by atoms with van der Waals surface area (Å²) in [6, 6.07) is 0. The Hall–Kier alpha value is -0.280. The predicted molar refractivity (Wildman–Crippen MR) is 49.6 cm³/mol. The third kappa shape index (κ3) is 7.63. The molecule has 1 rings (SSSR count). The summed E-state index contributed by atoms with van der Waals surface area (Å²) in [7, 11) is 0. The molecule has 0 aliphatic carbocycles. The third-order valence-electron chi connectivity index (χ3n) is 1.59. The van der Waals surface area contributed by atoms with Gasteiger partial charge in [-0.3, -0.25) is 9.68 Å². The first-order valence-corrected chi connectivity index (χ1v) is 4.86. The third-order valence-corrected chi connectivity index (χ3v) is 1.59. The molecule has 0 unspecified atom stereocenters. The fourth-order valence-corrected chi connectivity index (χ4v) is 0.921. The van der Waals surface area contributed by atoms with Gasteiger partial charge in [0.05, 0.1) is 52.9 Å². The summed E-state index contributed by atoms with van der Waals surface area (Å²) in [6.45, 7) is 2.96. The number of rotatable bonds is 0. The zero-order chi connectivity index (χ0) is 10.8. The van der Waals surface area contributed by atoms with Crippen LogP contribution in [0.25, 0.3) is 0 Å². The van der Waals surface area contributed by atoms with Crippen LogP contribution >= 0.6 is 0 Å². The van der Waals surface area contributed by atoms with E-state index >= 15 is 0 Å². The number of hydrogen-bond donors (Lipinski definition) is 0. The SMILES string of the molecule is [O-]N1OCCOCCOCCOCCO1. The first-order chi connectivity index (χ1) is 7.39. The van der Waals surface area contributed by atoms with Crippen LogP contribution in [-0.4, -0.2) is 58.2 Å². The summed E-state index contributed by atoms with van der Waals surface area (Å²) < 4.78 is 15.4. The molecule has 0 atom stereocenters. The van der Waals surface area contributed by atoms with Crippen molar-refractivity contribution in [3.63, 3.8) is 0 Å². The van der Waals surface area contributed by atoms with Crippen molar-refractivity contribution >= 4 is 0 Å². The smallest absolute Gasteiger partial charge is 0.0934 e. The van der Waals surface area contributed by atoms with Gasteiger partial charge < -0.3 is 19.4 Å². The minimum Gasteiger partial charge on any atom is -0.738 e. The van der Waals surface area contributed by atoms with Crippen molar-refractivity contribution in [3.8, 4) is 0 Å². The highest BCUT2D eigenvalue weighted by molar-refractivity contribution is 4.36. The van der Waals surface area contributed by atoms with Crippen molar-refractivity contribution in [2.45, 2.75) is 0 Å². The van der Waals surface area contributed by atoms with Gasteiger partial charge in [-0.15, -0.1) is 5.39 Å². The first kappa shape index (κ1) is 12.8. The molecule has 0 aromatic carbocycles. The van der Waals surface area contributed by atoms with E-state index in [1.54, 1.807) is 0 Å². The van der Waals surface area contributed by atoms with Crippen molar-refractivity contribution in [1.82, 2.24) is 5.39 Å². The zero-order valence-corrected chi connectivity index (χ0v) is 8.55. The lowest BCUT2D eigenvalue weighted by atomic mass is 10.7. The average molecular weight is 222 g/mol. The van der Waals surface area contributed by atoms with Crippen LogP contribution < -0.4 is 0 Å². The highest BCUT2D eigenvalue weighted by atomic mass is 17.1. The van der Waals surface area contributed by atoms with E-state index < -0.39 is 0 Å². The van der Waals surface area contributed by atoms with Gasteiger partial charge in [0.2, 0.25) is 0 Å². The van der Waals surface area contributed by atoms with E-state index in [0.717, 1.165) is 0 Å². The molecule has 0 aromatic rings. The molecule has 7 heteroatoms. The van der Waals surface area contributed by atoms with Gasteiger partial charge in [-0.25, -0.2) is 0 Å². The Morgan fingerprint density at radius 1 is 0.600 bits per heavy atom. The molecule has 90 valence electrons. The van der Waals surface area contributed by atoms with Crippen LogP contribution in [0.1, 0.15) is 0 Å². The molecular weight excluding hydrogens is 206 g/mol. The van der Waals surface area contributed by atoms with Gasteiger partial charge in [0, 0.05) is 0 Å². The average Bonchev–Trinajstić information content (AvgIpc) is 2.24. The zero-order valence-electron chi connectivity index (χ0n) is 8.55. The van der Waals surface area contributed by atoms with Gasteiger partial charge in [-0.1, -0.05) is 0 Å². The number of nitrogens with zero attached hydrogens (tertiary/aromatic N) is 1. The second-order valence-electron chi connectivity index (χ2n) is 2.73. The maximum absolute atomic E-state index is 10.8. The summed E-state index contributed by atoms with van der Waals surface area (Å²) in [5, 5.41) is 10.9. The predicted octanol–water partition coefficient (Wildman–Crippen LogP) is -0.287. The van der Waals surface area contributed by atoms with Gasteiger partial charge in [0.15, 0.2) is 0 Å². The first-order valence-electron chi connectivity index (χ1n) is 4.86. The summed E-state index contributed by atoms with van der Waals surface area (Å²) in [6.07, 6.45) is 0. The molecule has 1 aliphatic heterocycles. The quantitative estimate of drug-likeness (QED) is 0.557. The van der Waals surface area contributed by atoms with E-state index in [0.29, 0.717) is 39.6 Å². The summed E-state index contributed by atoms with van der Waals surface area (Å²) in [4.78, 5) is 9.24. The molecule has 1 saturated heterocycles. The Labute approximate surface area is 88.3 Å². The molecule has 7 nitrogen and oxygen atoms in total. The van der Waals surface area contributed by atoms with Gasteiger partial charge in [0.1, 0.15) is 0 Å².